The lowest BCUT2D eigenvalue weighted by Gasteiger charge is -2.06. The number of nitrogens with zero attached hydrogens (tertiary/aromatic N) is 3. The highest BCUT2D eigenvalue weighted by molar-refractivity contribution is 6.30. The first-order valence-electron chi connectivity index (χ1n) is 5.11. The zero-order valence-electron chi connectivity index (χ0n) is 8.98. The summed E-state index contributed by atoms with van der Waals surface area (Å²) in [7, 11) is 0. The lowest BCUT2D eigenvalue weighted by atomic mass is 10.3. The molecule has 5 nitrogen and oxygen atoms in total. The van der Waals surface area contributed by atoms with Gasteiger partial charge in [0.25, 0.3) is 0 Å². The molecule has 0 amide bonds. The second kappa shape index (κ2) is 4.44. The highest BCUT2D eigenvalue weighted by atomic mass is 35.5. The number of H-pyrrole nitrogens is 1. The maximum Gasteiger partial charge on any atom is 0.226 e. The van der Waals surface area contributed by atoms with E-state index >= 15 is 0 Å². The third-order valence-corrected chi connectivity index (χ3v) is 2.74. The minimum absolute atomic E-state index is 0.149. The van der Waals surface area contributed by atoms with Crippen molar-refractivity contribution in [1.29, 1.82) is 0 Å². The van der Waals surface area contributed by atoms with Crippen LogP contribution in [-0.4, -0.2) is 19.9 Å². The van der Waals surface area contributed by atoms with Crippen LogP contribution in [-0.2, 0) is 0 Å². The van der Waals surface area contributed by atoms with E-state index in [-0.39, 0.29) is 5.28 Å². The van der Waals surface area contributed by atoms with Crippen LogP contribution in [0.5, 0.6) is 0 Å². The van der Waals surface area contributed by atoms with Crippen molar-refractivity contribution in [2.24, 2.45) is 0 Å². The Morgan fingerprint density at radius 2 is 2.06 bits per heavy atom. The predicted octanol–water partition coefficient (Wildman–Crippen LogP) is 3.40. The van der Waals surface area contributed by atoms with E-state index in [1.165, 1.54) is 0 Å². The van der Waals surface area contributed by atoms with Crippen LogP contribution < -0.4 is 5.32 Å². The number of benzene rings is 1. The molecule has 0 saturated heterocycles. The summed E-state index contributed by atoms with van der Waals surface area (Å²) in [6.07, 6.45) is 1.54. The summed E-state index contributed by atoms with van der Waals surface area (Å²) in [6, 6.07) is 7.30. The third kappa shape index (κ3) is 2.10. The largest absolute Gasteiger partial charge is 0.338 e. The smallest absolute Gasteiger partial charge is 0.226 e. The van der Waals surface area contributed by atoms with Crippen LogP contribution in [0.15, 0.2) is 30.6 Å². The number of anilines is 2. The number of rotatable bonds is 2. The lowest BCUT2D eigenvalue weighted by molar-refractivity contribution is 1.20. The van der Waals surface area contributed by atoms with E-state index in [1.54, 1.807) is 18.5 Å². The molecular weight excluding hydrogens is 273 g/mol. The van der Waals surface area contributed by atoms with E-state index in [0.29, 0.717) is 22.0 Å². The van der Waals surface area contributed by atoms with Crippen LogP contribution in [0.25, 0.3) is 11.2 Å². The molecule has 0 unspecified atom stereocenters. The summed E-state index contributed by atoms with van der Waals surface area (Å²) in [5, 5.41) is 3.90. The van der Waals surface area contributed by atoms with Crippen LogP contribution in [0.3, 0.4) is 0 Å². The van der Waals surface area contributed by atoms with Crippen LogP contribution in [0, 0.1) is 0 Å². The average molecular weight is 280 g/mol. The maximum absolute atomic E-state index is 5.92. The van der Waals surface area contributed by atoms with Gasteiger partial charge in [-0.1, -0.05) is 17.7 Å². The molecule has 0 radical (unpaired) electrons. The van der Waals surface area contributed by atoms with Crippen LogP contribution in [0.4, 0.5) is 11.5 Å². The molecule has 2 heterocycles. The molecular formula is C11H7Cl2N5. The highest BCUT2D eigenvalue weighted by Crippen LogP contribution is 2.24. The third-order valence-electron chi connectivity index (χ3n) is 2.34. The molecule has 0 spiro atoms. The van der Waals surface area contributed by atoms with E-state index < -0.39 is 0 Å². The molecule has 0 saturated carbocycles. The Morgan fingerprint density at radius 1 is 1.17 bits per heavy atom. The molecule has 90 valence electrons. The summed E-state index contributed by atoms with van der Waals surface area (Å²) in [5.41, 5.74) is 2.01. The fraction of sp³-hybridized carbons (Fsp3) is 0. The van der Waals surface area contributed by atoms with Crippen molar-refractivity contribution in [3.05, 3.63) is 40.9 Å². The quantitative estimate of drug-likeness (QED) is 0.706. The maximum atomic E-state index is 5.92. The van der Waals surface area contributed by atoms with E-state index in [4.69, 9.17) is 23.2 Å². The van der Waals surface area contributed by atoms with Crippen molar-refractivity contribution in [3.8, 4) is 0 Å². The summed E-state index contributed by atoms with van der Waals surface area (Å²) in [4.78, 5) is 15.2. The Bertz CT molecular complexity index is 709. The SMILES string of the molecule is Clc1cccc(Nc2nc(Cl)nc3[nH]cnc23)c1. The van der Waals surface area contributed by atoms with Crippen molar-refractivity contribution < 1.29 is 0 Å². The van der Waals surface area contributed by atoms with E-state index in [0.717, 1.165) is 5.69 Å². The Balaban J connectivity index is 2.06. The molecule has 18 heavy (non-hydrogen) atoms. The van der Waals surface area contributed by atoms with Crippen LogP contribution in [0.2, 0.25) is 10.3 Å². The molecule has 0 fully saturated rings. The minimum Gasteiger partial charge on any atom is -0.338 e. The molecule has 0 aliphatic heterocycles. The van der Waals surface area contributed by atoms with Crippen molar-refractivity contribution in [2.45, 2.75) is 0 Å². The van der Waals surface area contributed by atoms with Gasteiger partial charge in [-0.2, -0.15) is 9.97 Å². The van der Waals surface area contributed by atoms with Gasteiger partial charge in [-0.05, 0) is 29.8 Å². The second-order valence-electron chi connectivity index (χ2n) is 3.58. The molecule has 0 aliphatic carbocycles. The topological polar surface area (TPSA) is 66.5 Å². The summed E-state index contributed by atoms with van der Waals surface area (Å²) in [6.45, 7) is 0. The number of aromatic nitrogens is 4. The Morgan fingerprint density at radius 3 is 2.89 bits per heavy atom. The van der Waals surface area contributed by atoms with Gasteiger partial charge in [-0.25, -0.2) is 4.98 Å². The molecule has 3 rings (SSSR count). The molecule has 3 aromatic rings. The van der Waals surface area contributed by atoms with Gasteiger partial charge in [0.2, 0.25) is 5.28 Å². The number of hydrogen-bond donors (Lipinski definition) is 2. The molecule has 2 aromatic heterocycles. The minimum atomic E-state index is 0.149. The normalized spacial score (nSPS) is 10.8. The van der Waals surface area contributed by atoms with Crippen molar-refractivity contribution in [1.82, 2.24) is 19.9 Å². The average Bonchev–Trinajstić information content (AvgIpc) is 2.77. The number of hydrogen-bond acceptors (Lipinski definition) is 4. The monoisotopic (exact) mass is 279 g/mol. The predicted molar refractivity (Wildman–Crippen MR) is 71.4 cm³/mol. The number of fused-ring (bicyclic) bond motifs is 1. The fourth-order valence-electron chi connectivity index (χ4n) is 1.60. The van der Waals surface area contributed by atoms with Gasteiger partial charge in [0.15, 0.2) is 17.0 Å². The summed E-state index contributed by atoms with van der Waals surface area (Å²) >= 11 is 11.8. The zero-order valence-corrected chi connectivity index (χ0v) is 10.5. The summed E-state index contributed by atoms with van der Waals surface area (Å²) < 4.78 is 0. The Labute approximate surface area is 112 Å². The second-order valence-corrected chi connectivity index (χ2v) is 4.35. The van der Waals surface area contributed by atoms with E-state index in [2.05, 4.69) is 25.3 Å². The number of aromatic amines is 1. The van der Waals surface area contributed by atoms with Gasteiger partial charge in [0.05, 0.1) is 6.33 Å². The van der Waals surface area contributed by atoms with Gasteiger partial charge < -0.3 is 10.3 Å². The van der Waals surface area contributed by atoms with E-state index in [1.807, 2.05) is 12.1 Å². The number of imidazole rings is 1. The van der Waals surface area contributed by atoms with Crippen molar-refractivity contribution >= 4 is 45.9 Å². The van der Waals surface area contributed by atoms with Crippen LogP contribution >= 0.6 is 23.2 Å². The van der Waals surface area contributed by atoms with Crippen molar-refractivity contribution in [2.75, 3.05) is 5.32 Å². The van der Waals surface area contributed by atoms with Gasteiger partial charge in [0.1, 0.15) is 0 Å². The molecule has 0 aliphatic rings. The fourth-order valence-corrected chi connectivity index (χ4v) is 1.96. The highest BCUT2D eigenvalue weighted by Gasteiger charge is 2.09. The lowest BCUT2D eigenvalue weighted by Crippen LogP contribution is -1.97. The number of halogens is 2. The Kier molecular flexibility index (Phi) is 2.77. The standard InChI is InChI=1S/C11H7Cl2N5/c12-6-2-1-3-7(4-6)16-10-8-9(15-5-14-8)17-11(13)18-10/h1-5H,(H2,14,15,16,17,18). The molecule has 0 bridgehead atoms. The van der Waals surface area contributed by atoms with Crippen LogP contribution in [0.1, 0.15) is 0 Å². The zero-order chi connectivity index (χ0) is 12.5. The summed E-state index contributed by atoms with van der Waals surface area (Å²) in [5.74, 6) is 0.536. The number of nitrogens with one attached hydrogen (secondary N) is 2. The van der Waals surface area contributed by atoms with Crippen molar-refractivity contribution in [3.63, 3.8) is 0 Å². The Hall–Kier alpha value is -1.85. The van der Waals surface area contributed by atoms with Gasteiger partial charge >= 0.3 is 0 Å². The van der Waals surface area contributed by atoms with Gasteiger partial charge in [0, 0.05) is 10.7 Å². The first-order valence-corrected chi connectivity index (χ1v) is 5.87. The van der Waals surface area contributed by atoms with E-state index in [9.17, 15) is 0 Å². The molecule has 7 heteroatoms. The molecule has 1 aromatic carbocycles. The van der Waals surface area contributed by atoms with Gasteiger partial charge in [-0.15, -0.1) is 0 Å². The molecule has 2 N–H and O–H groups in total. The molecule has 0 atom stereocenters. The first kappa shape index (κ1) is 11.3. The van der Waals surface area contributed by atoms with Gasteiger partial charge in [-0.3, -0.25) is 0 Å². The first-order chi connectivity index (χ1) is 8.72.